The molecule has 0 aliphatic rings. The number of nitrogens with zero attached hydrogens (tertiary/aromatic N) is 2. The molecule has 2 rings (SSSR count). The van der Waals surface area contributed by atoms with E-state index >= 15 is 0 Å². The number of aromatic amines is 1. The lowest BCUT2D eigenvalue weighted by molar-refractivity contribution is 0.0950. The minimum Gasteiger partial charge on any atom is -0.347 e. The zero-order chi connectivity index (χ0) is 12.1. The van der Waals surface area contributed by atoms with Gasteiger partial charge in [-0.1, -0.05) is 0 Å². The Labute approximate surface area is 98.1 Å². The van der Waals surface area contributed by atoms with Crippen LogP contribution < -0.4 is 5.32 Å². The normalized spacial score (nSPS) is 9.59. The fourth-order valence-electron chi connectivity index (χ4n) is 1.36. The summed E-state index contributed by atoms with van der Waals surface area (Å²) in [5.74, 6) is 0.512. The Bertz CT molecular complexity index is 537. The molecular weight excluding hydrogens is 216 g/mol. The number of carbonyl (C=O) groups excluding carboxylic acids is 1. The molecule has 1 amide bonds. The second kappa shape index (κ2) is 4.94. The van der Waals surface area contributed by atoms with E-state index in [2.05, 4.69) is 15.3 Å². The number of imidazole rings is 1. The molecule has 1 aromatic heterocycles. The fourth-order valence-corrected chi connectivity index (χ4v) is 1.36. The van der Waals surface area contributed by atoms with Crippen molar-refractivity contribution in [3.05, 3.63) is 53.6 Å². The van der Waals surface area contributed by atoms with Crippen molar-refractivity contribution in [3.8, 4) is 6.07 Å². The molecule has 0 saturated heterocycles. The summed E-state index contributed by atoms with van der Waals surface area (Å²) in [6.45, 7) is 0.353. The quantitative estimate of drug-likeness (QED) is 0.825. The highest BCUT2D eigenvalue weighted by Crippen LogP contribution is 2.03. The minimum absolute atomic E-state index is 0.189. The van der Waals surface area contributed by atoms with Gasteiger partial charge in [-0.05, 0) is 24.3 Å². The van der Waals surface area contributed by atoms with E-state index in [0.717, 1.165) is 0 Å². The van der Waals surface area contributed by atoms with E-state index in [1.807, 2.05) is 6.07 Å². The number of hydrogen-bond donors (Lipinski definition) is 2. The largest absolute Gasteiger partial charge is 0.347 e. The molecule has 1 heterocycles. The molecule has 0 unspecified atom stereocenters. The number of carbonyl (C=O) groups is 1. The summed E-state index contributed by atoms with van der Waals surface area (Å²) in [7, 11) is 0. The number of amides is 1. The first-order valence-corrected chi connectivity index (χ1v) is 5.06. The molecule has 0 spiro atoms. The average molecular weight is 226 g/mol. The van der Waals surface area contributed by atoms with Crippen LogP contribution in [-0.4, -0.2) is 15.9 Å². The second-order valence-corrected chi connectivity index (χ2v) is 3.41. The Morgan fingerprint density at radius 1 is 1.41 bits per heavy atom. The van der Waals surface area contributed by atoms with Crippen LogP contribution in [0.15, 0.2) is 36.7 Å². The Morgan fingerprint density at radius 2 is 2.18 bits per heavy atom. The van der Waals surface area contributed by atoms with Gasteiger partial charge < -0.3 is 10.3 Å². The van der Waals surface area contributed by atoms with Gasteiger partial charge in [-0.25, -0.2) is 4.98 Å². The predicted octanol–water partition coefficient (Wildman–Crippen LogP) is 1.21. The molecular formula is C12H10N4O. The second-order valence-electron chi connectivity index (χ2n) is 3.41. The summed E-state index contributed by atoms with van der Waals surface area (Å²) in [6.07, 6.45) is 3.33. The molecule has 0 aliphatic heterocycles. The van der Waals surface area contributed by atoms with Crippen LogP contribution >= 0.6 is 0 Å². The van der Waals surface area contributed by atoms with E-state index in [4.69, 9.17) is 5.26 Å². The van der Waals surface area contributed by atoms with Gasteiger partial charge in [0, 0.05) is 18.0 Å². The average Bonchev–Trinajstić information content (AvgIpc) is 2.89. The van der Waals surface area contributed by atoms with Gasteiger partial charge in [-0.15, -0.1) is 0 Å². The Hall–Kier alpha value is -2.61. The van der Waals surface area contributed by atoms with Crippen molar-refractivity contribution in [2.24, 2.45) is 0 Å². The highest BCUT2D eigenvalue weighted by Gasteiger charge is 2.05. The molecule has 84 valence electrons. The molecule has 1 aromatic carbocycles. The van der Waals surface area contributed by atoms with Gasteiger partial charge in [0.1, 0.15) is 5.82 Å². The van der Waals surface area contributed by atoms with Gasteiger partial charge in [-0.2, -0.15) is 5.26 Å². The van der Waals surface area contributed by atoms with Crippen molar-refractivity contribution < 1.29 is 4.79 Å². The molecule has 0 bridgehead atoms. The maximum Gasteiger partial charge on any atom is 0.251 e. The third kappa shape index (κ3) is 2.69. The maximum atomic E-state index is 11.7. The van der Waals surface area contributed by atoms with E-state index in [1.165, 1.54) is 0 Å². The lowest BCUT2D eigenvalue weighted by atomic mass is 10.1. The number of benzene rings is 1. The summed E-state index contributed by atoms with van der Waals surface area (Å²) in [4.78, 5) is 18.6. The molecule has 0 atom stereocenters. The van der Waals surface area contributed by atoms with Crippen molar-refractivity contribution in [1.29, 1.82) is 5.26 Å². The smallest absolute Gasteiger partial charge is 0.251 e. The Balaban J connectivity index is 1.97. The number of aromatic nitrogens is 2. The van der Waals surface area contributed by atoms with Crippen molar-refractivity contribution in [2.75, 3.05) is 0 Å². The molecule has 2 aromatic rings. The zero-order valence-corrected chi connectivity index (χ0v) is 8.97. The summed E-state index contributed by atoms with van der Waals surface area (Å²) in [6, 6.07) is 8.47. The minimum atomic E-state index is -0.189. The Kier molecular flexibility index (Phi) is 3.17. The van der Waals surface area contributed by atoms with Crippen molar-refractivity contribution >= 4 is 5.91 Å². The number of nitriles is 1. The standard InChI is InChI=1S/C12H10N4O/c13-7-9-1-3-10(4-2-9)12(17)16-8-11-14-5-6-15-11/h1-6H,8H2,(H,14,15)(H,16,17). The SMILES string of the molecule is N#Cc1ccc(C(=O)NCc2ncc[nH]2)cc1. The van der Waals surface area contributed by atoms with E-state index in [0.29, 0.717) is 23.5 Å². The molecule has 5 nitrogen and oxygen atoms in total. The highest BCUT2D eigenvalue weighted by atomic mass is 16.1. The van der Waals surface area contributed by atoms with Crippen LogP contribution in [0, 0.1) is 11.3 Å². The molecule has 0 saturated carbocycles. The molecule has 0 fully saturated rings. The van der Waals surface area contributed by atoms with Crippen molar-refractivity contribution in [3.63, 3.8) is 0 Å². The van der Waals surface area contributed by atoms with Crippen LogP contribution in [0.2, 0.25) is 0 Å². The van der Waals surface area contributed by atoms with E-state index in [1.54, 1.807) is 36.7 Å². The van der Waals surface area contributed by atoms with Gasteiger partial charge in [0.05, 0.1) is 18.2 Å². The van der Waals surface area contributed by atoms with Crippen LogP contribution in [0.25, 0.3) is 0 Å². The van der Waals surface area contributed by atoms with Gasteiger partial charge in [0.15, 0.2) is 0 Å². The number of hydrogen-bond acceptors (Lipinski definition) is 3. The van der Waals surface area contributed by atoms with Gasteiger partial charge in [0.25, 0.3) is 5.91 Å². The van der Waals surface area contributed by atoms with Crippen LogP contribution in [0.4, 0.5) is 0 Å². The molecule has 2 N–H and O–H groups in total. The summed E-state index contributed by atoms with van der Waals surface area (Å²) in [5.41, 5.74) is 1.06. The number of rotatable bonds is 3. The number of H-pyrrole nitrogens is 1. The van der Waals surface area contributed by atoms with E-state index in [-0.39, 0.29) is 5.91 Å². The summed E-state index contributed by atoms with van der Waals surface area (Å²) in [5, 5.41) is 11.4. The monoisotopic (exact) mass is 226 g/mol. The molecule has 5 heteroatoms. The van der Waals surface area contributed by atoms with Crippen LogP contribution in [0.1, 0.15) is 21.7 Å². The van der Waals surface area contributed by atoms with Crippen molar-refractivity contribution in [1.82, 2.24) is 15.3 Å². The van der Waals surface area contributed by atoms with Crippen LogP contribution in [0.5, 0.6) is 0 Å². The predicted molar refractivity (Wildman–Crippen MR) is 60.9 cm³/mol. The van der Waals surface area contributed by atoms with Crippen molar-refractivity contribution in [2.45, 2.75) is 6.54 Å². The third-order valence-corrected chi connectivity index (χ3v) is 2.25. The molecule has 0 aliphatic carbocycles. The summed E-state index contributed by atoms with van der Waals surface area (Å²) >= 11 is 0. The van der Waals surface area contributed by atoms with E-state index in [9.17, 15) is 4.79 Å². The zero-order valence-electron chi connectivity index (χ0n) is 8.97. The third-order valence-electron chi connectivity index (χ3n) is 2.25. The number of nitrogens with one attached hydrogen (secondary N) is 2. The van der Waals surface area contributed by atoms with Gasteiger partial charge in [-0.3, -0.25) is 4.79 Å². The first-order chi connectivity index (χ1) is 8.29. The highest BCUT2D eigenvalue weighted by molar-refractivity contribution is 5.94. The van der Waals surface area contributed by atoms with Crippen LogP contribution in [-0.2, 0) is 6.54 Å². The first-order valence-electron chi connectivity index (χ1n) is 5.06. The molecule has 0 radical (unpaired) electrons. The topological polar surface area (TPSA) is 81.6 Å². The maximum absolute atomic E-state index is 11.7. The van der Waals surface area contributed by atoms with Gasteiger partial charge in [0.2, 0.25) is 0 Å². The Morgan fingerprint density at radius 3 is 2.76 bits per heavy atom. The fraction of sp³-hybridized carbons (Fsp3) is 0.0833. The first kappa shape index (κ1) is 10.9. The van der Waals surface area contributed by atoms with Gasteiger partial charge >= 0.3 is 0 Å². The summed E-state index contributed by atoms with van der Waals surface area (Å²) < 4.78 is 0. The molecule has 17 heavy (non-hydrogen) atoms. The lowest BCUT2D eigenvalue weighted by Gasteiger charge is -2.03. The van der Waals surface area contributed by atoms with Crippen LogP contribution in [0.3, 0.4) is 0 Å². The van der Waals surface area contributed by atoms with E-state index < -0.39 is 0 Å². The lowest BCUT2D eigenvalue weighted by Crippen LogP contribution is -2.23.